The molecule has 3 rings (SSSR count). The molecule has 1 aromatic carbocycles. The van der Waals surface area contributed by atoms with Gasteiger partial charge >= 0.3 is 0 Å². The second-order valence-electron chi connectivity index (χ2n) is 7.27. The Hall–Kier alpha value is -2.50. The molecule has 152 valence electrons. The van der Waals surface area contributed by atoms with Crippen LogP contribution in [0.25, 0.3) is 0 Å². The molecule has 0 saturated heterocycles. The van der Waals surface area contributed by atoms with Crippen molar-refractivity contribution in [1.29, 1.82) is 0 Å². The molecule has 28 heavy (non-hydrogen) atoms. The lowest BCUT2D eigenvalue weighted by Crippen LogP contribution is -2.36. The van der Waals surface area contributed by atoms with Crippen molar-refractivity contribution >= 4 is 5.91 Å². The lowest BCUT2D eigenvalue weighted by Gasteiger charge is -2.30. The maximum atomic E-state index is 12.8. The minimum atomic E-state index is 0.195. The highest BCUT2D eigenvalue weighted by molar-refractivity contribution is 5.77. The van der Waals surface area contributed by atoms with Crippen LogP contribution in [-0.2, 0) is 31.2 Å². The minimum absolute atomic E-state index is 0.195. The Bertz CT molecular complexity index is 857. The van der Waals surface area contributed by atoms with Gasteiger partial charge in [-0.25, -0.2) is 0 Å². The SMILES string of the molecule is CCOc1cc2c(cc1OCC)CN(C(=O)CCc1c(C)nn(C)c1C)CC2. The summed E-state index contributed by atoms with van der Waals surface area (Å²) in [5.41, 5.74) is 5.74. The van der Waals surface area contributed by atoms with Crippen LogP contribution in [0.4, 0.5) is 0 Å². The van der Waals surface area contributed by atoms with Gasteiger partial charge in [0.25, 0.3) is 0 Å². The standard InChI is InChI=1S/C22H31N3O3/c1-6-27-20-12-17-10-11-25(14-18(17)13-21(20)28-7-2)22(26)9-8-19-15(3)23-24(5)16(19)4/h12-13H,6-11,14H2,1-5H3. The number of amides is 1. The molecule has 6 nitrogen and oxygen atoms in total. The maximum absolute atomic E-state index is 12.8. The van der Waals surface area contributed by atoms with E-state index in [9.17, 15) is 4.79 Å². The lowest BCUT2D eigenvalue weighted by molar-refractivity contribution is -0.132. The van der Waals surface area contributed by atoms with Gasteiger partial charge in [0.2, 0.25) is 5.91 Å². The fraction of sp³-hybridized carbons (Fsp3) is 0.545. The van der Waals surface area contributed by atoms with Crippen molar-refractivity contribution in [1.82, 2.24) is 14.7 Å². The summed E-state index contributed by atoms with van der Waals surface area (Å²) in [6.45, 7) is 10.6. The third-order valence-corrected chi connectivity index (χ3v) is 5.48. The lowest BCUT2D eigenvalue weighted by atomic mass is 9.98. The molecule has 1 aliphatic heterocycles. The van der Waals surface area contributed by atoms with Gasteiger partial charge in [-0.05, 0) is 69.4 Å². The van der Waals surface area contributed by atoms with Crippen LogP contribution in [0.15, 0.2) is 12.1 Å². The molecule has 0 spiro atoms. The summed E-state index contributed by atoms with van der Waals surface area (Å²) in [5, 5.41) is 4.45. The Kier molecular flexibility index (Phi) is 6.27. The number of benzene rings is 1. The second kappa shape index (κ2) is 8.67. The van der Waals surface area contributed by atoms with Crippen molar-refractivity contribution < 1.29 is 14.3 Å². The fourth-order valence-corrected chi connectivity index (χ4v) is 3.88. The molecule has 0 bridgehead atoms. The van der Waals surface area contributed by atoms with Crippen LogP contribution in [-0.4, -0.2) is 40.3 Å². The number of hydrogen-bond donors (Lipinski definition) is 0. The van der Waals surface area contributed by atoms with Crippen LogP contribution in [0.5, 0.6) is 11.5 Å². The van der Waals surface area contributed by atoms with Crippen LogP contribution < -0.4 is 9.47 Å². The van der Waals surface area contributed by atoms with Crippen molar-refractivity contribution in [3.05, 3.63) is 40.2 Å². The van der Waals surface area contributed by atoms with Gasteiger partial charge < -0.3 is 14.4 Å². The van der Waals surface area contributed by atoms with E-state index in [0.29, 0.717) is 26.2 Å². The molecule has 0 atom stereocenters. The Labute approximate surface area is 167 Å². The molecule has 1 amide bonds. The van der Waals surface area contributed by atoms with Crippen LogP contribution in [0, 0.1) is 13.8 Å². The second-order valence-corrected chi connectivity index (χ2v) is 7.27. The van der Waals surface area contributed by atoms with E-state index >= 15 is 0 Å². The highest BCUT2D eigenvalue weighted by atomic mass is 16.5. The van der Waals surface area contributed by atoms with Gasteiger partial charge in [-0.3, -0.25) is 9.48 Å². The van der Waals surface area contributed by atoms with Gasteiger partial charge in [0.15, 0.2) is 11.5 Å². The van der Waals surface area contributed by atoms with Crippen LogP contribution >= 0.6 is 0 Å². The molecule has 0 aliphatic carbocycles. The highest BCUT2D eigenvalue weighted by Gasteiger charge is 2.23. The minimum Gasteiger partial charge on any atom is -0.490 e. The Balaban J connectivity index is 1.69. The first-order valence-electron chi connectivity index (χ1n) is 10.1. The van der Waals surface area contributed by atoms with Crippen molar-refractivity contribution in [3.8, 4) is 11.5 Å². The Morgan fingerprint density at radius 3 is 2.32 bits per heavy atom. The van der Waals surface area contributed by atoms with Crippen molar-refractivity contribution in [3.63, 3.8) is 0 Å². The molecule has 0 fully saturated rings. The number of ether oxygens (including phenoxy) is 2. The van der Waals surface area contributed by atoms with E-state index in [4.69, 9.17) is 9.47 Å². The average Bonchev–Trinajstić information content (AvgIpc) is 2.92. The number of hydrogen-bond acceptors (Lipinski definition) is 4. The smallest absolute Gasteiger partial charge is 0.223 e. The fourth-order valence-electron chi connectivity index (χ4n) is 3.88. The summed E-state index contributed by atoms with van der Waals surface area (Å²) in [6, 6.07) is 4.12. The number of carbonyl (C=O) groups excluding carboxylic acids is 1. The molecule has 1 aromatic heterocycles. The van der Waals surface area contributed by atoms with Gasteiger partial charge in [0.05, 0.1) is 18.9 Å². The zero-order valence-corrected chi connectivity index (χ0v) is 17.7. The molecule has 1 aliphatic rings. The molecule has 2 heterocycles. The monoisotopic (exact) mass is 385 g/mol. The number of fused-ring (bicyclic) bond motifs is 1. The van der Waals surface area contributed by atoms with E-state index in [1.165, 1.54) is 11.1 Å². The van der Waals surface area contributed by atoms with Crippen LogP contribution in [0.1, 0.15) is 48.3 Å². The predicted octanol–water partition coefficient (Wildman–Crippen LogP) is 3.35. The number of nitrogens with zero attached hydrogens (tertiary/aromatic N) is 3. The molecule has 2 aromatic rings. The van der Waals surface area contributed by atoms with Crippen molar-refractivity contribution in [2.24, 2.45) is 7.05 Å². The van der Waals surface area contributed by atoms with Gasteiger partial charge in [0, 0.05) is 32.3 Å². The van der Waals surface area contributed by atoms with Crippen LogP contribution in [0.3, 0.4) is 0 Å². The summed E-state index contributed by atoms with van der Waals surface area (Å²) in [4.78, 5) is 14.8. The number of aromatic nitrogens is 2. The summed E-state index contributed by atoms with van der Waals surface area (Å²) in [7, 11) is 1.95. The van der Waals surface area contributed by atoms with E-state index in [-0.39, 0.29) is 5.91 Å². The van der Waals surface area contributed by atoms with Gasteiger partial charge in [-0.15, -0.1) is 0 Å². The van der Waals surface area contributed by atoms with Crippen molar-refractivity contribution in [2.75, 3.05) is 19.8 Å². The van der Waals surface area contributed by atoms with Gasteiger partial charge in [-0.2, -0.15) is 5.10 Å². The first-order valence-corrected chi connectivity index (χ1v) is 10.1. The number of carbonyl (C=O) groups is 1. The quantitative estimate of drug-likeness (QED) is 0.733. The first-order chi connectivity index (χ1) is 13.4. The molecule has 6 heteroatoms. The van der Waals surface area contributed by atoms with E-state index < -0.39 is 0 Å². The zero-order chi connectivity index (χ0) is 20.3. The third-order valence-electron chi connectivity index (χ3n) is 5.48. The number of rotatable bonds is 7. The Morgan fingerprint density at radius 1 is 1.11 bits per heavy atom. The van der Waals surface area contributed by atoms with Gasteiger partial charge in [-0.1, -0.05) is 0 Å². The molecule has 0 radical (unpaired) electrons. The molecule has 0 saturated carbocycles. The topological polar surface area (TPSA) is 56.6 Å². The maximum Gasteiger partial charge on any atom is 0.223 e. The normalized spacial score (nSPS) is 13.4. The molecular formula is C22H31N3O3. The first kappa shape index (κ1) is 20.2. The zero-order valence-electron chi connectivity index (χ0n) is 17.7. The number of aryl methyl sites for hydroxylation is 2. The van der Waals surface area contributed by atoms with E-state index in [1.807, 2.05) is 43.5 Å². The third kappa shape index (κ3) is 4.16. The highest BCUT2D eigenvalue weighted by Crippen LogP contribution is 2.34. The average molecular weight is 386 g/mol. The summed E-state index contributed by atoms with van der Waals surface area (Å²) in [6.07, 6.45) is 2.09. The summed E-state index contributed by atoms with van der Waals surface area (Å²) < 4.78 is 13.4. The van der Waals surface area contributed by atoms with E-state index in [1.54, 1.807) is 0 Å². The molecule has 0 N–H and O–H groups in total. The van der Waals surface area contributed by atoms with E-state index in [0.717, 1.165) is 47.8 Å². The predicted molar refractivity (Wildman–Crippen MR) is 109 cm³/mol. The molecule has 0 unspecified atom stereocenters. The molecular weight excluding hydrogens is 354 g/mol. The largest absolute Gasteiger partial charge is 0.490 e. The summed E-state index contributed by atoms with van der Waals surface area (Å²) >= 11 is 0. The summed E-state index contributed by atoms with van der Waals surface area (Å²) in [5.74, 6) is 1.75. The van der Waals surface area contributed by atoms with Crippen molar-refractivity contribution in [2.45, 2.75) is 53.5 Å². The van der Waals surface area contributed by atoms with Crippen LogP contribution in [0.2, 0.25) is 0 Å². The van der Waals surface area contributed by atoms with Gasteiger partial charge in [0.1, 0.15) is 0 Å². The van der Waals surface area contributed by atoms with E-state index in [2.05, 4.69) is 18.1 Å². The Morgan fingerprint density at radius 2 is 1.75 bits per heavy atom.